The summed E-state index contributed by atoms with van der Waals surface area (Å²) < 4.78 is 31.7. The van der Waals surface area contributed by atoms with Gasteiger partial charge in [-0.05, 0) is 30.3 Å². The molecule has 6 nitrogen and oxygen atoms in total. The minimum absolute atomic E-state index is 0.00951. The molecule has 1 unspecified atom stereocenters. The third-order valence-electron chi connectivity index (χ3n) is 4.09. The number of anilines is 1. The second-order valence-corrected chi connectivity index (χ2v) is 6.33. The molecule has 0 aliphatic carbocycles. The van der Waals surface area contributed by atoms with Gasteiger partial charge in [-0.3, -0.25) is 0 Å². The van der Waals surface area contributed by atoms with Gasteiger partial charge in [0.05, 0.1) is 32.0 Å². The second-order valence-electron chi connectivity index (χ2n) is 5.86. The molecule has 27 heavy (non-hydrogen) atoms. The quantitative estimate of drug-likeness (QED) is 0.761. The number of ether oxygens (including phenoxy) is 3. The van der Waals surface area contributed by atoms with Crippen molar-refractivity contribution in [3.63, 3.8) is 0 Å². The number of hydrogen-bond acceptors (Lipinski definition) is 6. The molecular formula is C19H18FN3O3S. The molecular weight excluding hydrogens is 369 g/mol. The smallest absolute Gasteiger partial charge is 0.206 e. The minimum atomic E-state index is -0.806. The number of thiocarbonyl (C=S) groups is 1. The van der Waals surface area contributed by atoms with Gasteiger partial charge in [0.15, 0.2) is 11.6 Å². The fraction of sp³-hybridized carbons (Fsp3) is 0.263. The lowest BCUT2D eigenvalue weighted by Gasteiger charge is -2.22. The van der Waals surface area contributed by atoms with Crippen LogP contribution in [0, 0.1) is 17.1 Å². The number of halogens is 1. The number of benzene rings is 2. The largest absolute Gasteiger partial charge is 0.493 e. The Morgan fingerprint density at radius 2 is 1.96 bits per heavy atom. The summed E-state index contributed by atoms with van der Waals surface area (Å²) in [4.78, 5) is 0.0507. The summed E-state index contributed by atoms with van der Waals surface area (Å²) in [6.45, 7) is 0.738. The fourth-order valence-electron chi connectivity index (χ4n) is 2.76. The van der Waals surface area contributed by atoms with Crippen LogP contribution in [-0.2, 0) is 0 Å². The minimum Gasteiger partial charge on any atom is -0.493 e. The summed E-state index contributed by atoms with van der Waals surface area (Å²) in [6, 6.07) is 9.42. The van der Waals surface area contributed by atoms with E-state index in [1.807, 2.05) is 6.07 Å². The summed E-state index contributed by atoms with van der Waals surface area (Å²) in [5.74, 6) is -0.0427. The Balaban J connectivity index is 2.03. The molecule has 3 rings (SSSR count). The zero-order valence-corrected chi connectivity index (χ0v) is 15.4. The van der Waals surface area contributed by atoms with Crippen LogP contribution in [0.25, 0.3) is 0 Å². The zero-order chi connectivity index (χ0) is 19.4. The first-order valence-corrected chi connectivity index (χ1v) is 8.68. The maximum atomic E-state index is 15.2. The Kier molecular flexibility index (Phi) is 5.62. The summed E-state index contributed by atoms with van der Waals surface area (Å²) in [7, 11) is 1.47. The van der Waals surface area contributed by atoms with E-state index < -0.39 is 11.9 Å². The van der Waals surface area contributed by atoms with Crippen LogP contribution in [-0.4, -0.2) is 25.3 Å². The Morgan fingerprint density at radius 1 is 1.30 bits per heavy atom. The van der Waals surface area contributed by atoms with Crippen molar-refractivity contribution in [2.24, 2.45) is 5.73 Å². The molecule has 0 aromatic heterocycles. The third-order valence-corrected chi connectivity index (χ3v) is 4.33. The van der Waals surface area contributed by atoms with E-state index in [4.69, 9.17) is 37.4 Å². The first-order valence-electron chi connectivity index (χ1n) is 8.27. The standard InChI is InChI=1S/C19H18FN3O3S/c1-24-14-9-13(15(20)18-17(14)25-7-2-8-26-18)16(19(22)27)23-12-5-3-11(10-21)4-6-12/h3-6,9,16,23H,2,7-8H2,1H3,(H2,22,27). The highest BCUT2D eigenvalue weighted by Crippen LogP contribution is 2.44. The Labute approximate surface area is 161 Å². The Hall–Kier alpha value is -3.05. The molecule has 0 bridgehead atoms. The first kappa shape index (κ1) is 18.7. The number of methoxy groups -OCH3 is 1. The Bertz CT molecular complexity index is 897. The van der Waals surface area contributed by atoms with Gasteiger partial charge in [0, 0.05) is 17.7 Å². The van der Waals surface area contributed by atoms with Crippen molar-refractivity contribution in [1.82, 2.24) is 0 Å². The predicted octanol–water partition coefficient (Wildman–Crippen LogP) is 3.31. The maximum Gasteiger partial charge on any atom is 0.206 e. The number of nitrogens with one attached hydrogen (secondary N) is 1. The van der Waals surface area contributed by atoms with Crippen molar-refractivity contribution >= 4 is 22.9 Å². The van der Waals surface area contributed by atoms with Gasteiger partial charge in [-0.15, -0.1) is 0 Å². The summed E-state index contributed by atoms with van der Waals surface area (Å²) in [5, 5.41) is 12.0. The molecule has 0 spiro atoms. The number of nitriles is 1. The lowest BCUT2D eigenvalue weighted by Crippen LogP contribution is -2.27. The van der Waals surface area contributed by atoms with Crippen molar-refractivity contribution in [2.75, 3.05) is 25.6 Å². The summed E-state index contributed by atoms with van der Waals surface area (Å²) in [5.41, 5.74) is 7.21. The van der Waals surface area contributed by atoms with Gasteiger partial charge in [-0.25, -0.2) is 4.39 Å². The van der Waals surface area contributed by atoms with Gasteiger partial charge in [0.2, 0.25) is 11.5 Å². The molecule has 0 saturated heterocycles. The number of fused-ring (bicyclic) bond motifs is 1. The molecule has 2 aromatic rings. The van der Waals surface area contributed by atoms with Gasteiger partial charge in [-0.1, -0.05) is 12.2 Å². The van der Waals surface area contributed by atoms with Crippen LogP contribution in [0.15, 0.2) is 30.3 Å². The Morgan fingerprint density at radius 3 is 2.56 bits per heavy atom. The van der Waals surface area contributed by atoms with Gasteiger partial charge >= 0.3 is 0 Å². The molecule has 1 atom stereocenters. The van der Waals surface area contributed by atoms with Crippen molar-refractivity contribution in [3.05, 3.63) is 47.3 Å². The van der Waals surface area contributed by atoms with E-state index in [-0.39, 0.29) is 22.1 Å². The summed E-state index contributed by atoms with van der Waals surface area (Å²) >= 11 is 5.15. The van der Waals surface area contributed by atoms with E-state index in [0.29, 0.717) is 36.6 Å². The maximum absolute atomic E-state index is 15.2. The molecule has 1 aliphatic rings. The van der Waals surface area contributed by atoms with Gasteiger partial charge < -0.3 is 25.3 Å². The molecule has 2 aromatic carbocycles. The van der Waals surface area contributed by atoms with Crippen molar-refractivity contribution < 1.29 is 18.6 Å². The van der Waals surface area contributed by atoms with E-state index >= 15 is 4.39 Å². The monoisotopic (exact) mass is 387 g/mol. The van der Waals surface area contributed by atoms with E-state index in [2.05, 4.69) is 5.32 Å². The molecule has 140 valence electrons. The molecule has 1 aliphatic heterocycles. The lowest BCUT2D eigenvalue weighted by molar-refractivity contribution is 0.288. The first-order chi connectivity index (χ1) is 13.0. The molecule has 0 radical (unpaired) electrons. The summed E-state index contributed by atoms with van der Waals surface area (Å²) in [6.07, 6.45) is 0.634. The highest BCUT2D eigenvalue weighted by molar-refractivity contribution is 7.80. The average molecular weight is 387 g/mol. The lowest BCUT2D eigenvalue weighted by atomic mass is 10.0. The van der Waals surface area contributed by atoms with Gasteiger partial charge in [0.1, 0.15) is 11.0 Å². The van der Waals surface area contributed by atoms with Crippen LogP contribution in [0.3, 0.4) is 0 Å². The van der Waals surface area contributed by atoms with E-state index in [0.717, 1.165) is 0 Å². The fourth-order valence-corrected chi connectivity index (χ4v) is 2.94. The van der Waals surface area contributed by atoms with E-state index in [1.165, 1.54) is 13.2 Å². The van der Waals surface area contributed by atoms with Crippen LogP contribution >= 0.6 is 12.2 Å². The predicted molar refractivity (Wildman–Crippen MR) is 103 cm³/mol. The van der Waals surface area contributed by atoms with Crippen LogP contribution in [0.5, 0.6) is 17.2 Å². The second kappa shape index (κ2) is 8.10. The van der Waals surface area contributed by atoms with Crippen molar-refractivity contribution in [1.29, 1.82) is 5.26 Å². The van der Waals surface area contributed by atoms with Crippen LogP contribution < -0.4 is 25.3 Å². The number of hydrogen-bond donors (Lipinski definition) is 2. The number of nitrogens with two attached hydrogens (primary N) is 1. The van der Waals surface area contributed by atoms with Gasteiger partial charge in [-0.2, -0.15) is 5.26 Å². The third kappa shape index (κ3) is 3.88. The normalized spacial score (nSPS) is 13.8. The number of rotatable bonds is 5. The zero-order valence-electron chi connectivity index (χ0n) is 14.6. The SMILES string of the molecule is COc1cc(C(Nc2ccc(C#N)cc2)C(N)=S)c(F)c2c1OCCCO2. The average Bonchev–Trinajstić information content (AvgIpc) is 2.94. The molecule has 0 fully saturated rings. The molecule has 1 heterocycles. The molecule has 3 N–H and O–H groups in total. The van der Waals surface area contributed by atoms with E-state index in [9.17, 15) is 0 Å². The topological polar surface area (TPSA) is 89.5 Å². The van der Waals surface area contributed by atoms with Crippen molar-refractivity contribution in [2.45, 2.75) is 12.5 Å². The molecule has 0 amide bonds. The van der Waals surface area contributed by atoms with Crippen LogP contribution in [0.2, 0.25) is 0 Å². The highest BCUT2D eigenvalue weighted by atomic mass is 32.1. The highest BCUT2D eigenvalue weighted by Gasteiger charge is 2.28. The van der Waals surface area contributed by atoms with E-state index in [1.54, 1.807) is 24.3 Å². The van der Waals surface area contributed by atoms with Gasteiger partial charge in [0.25, 0.3) is 0 Å². The van der Waals surface area contributed by atoms with Crippen LogP contribution in [0.1, 0.15) is 23.6 Å². The van der Waals surface area contributed by atoms with Crippen LogP contribution in [0.4, 0.5) is 10.1 Å². The van der Waals surface area contributed by atoms with Crippen molar-refractivity contribution in [3.8, 4) is 23.3 Å². The molecule has 0 saturated carbocycles. The molecule has 8 heteroatoms. The number of nitrogens with zero attached hydrogens (tertiary/aromatic N) is 1.